The molecule has 2 heterocycles. The Morgan fingerprint density at radius 1 is 1.44 bits per heavy atom. The van der Waals surface area contributed by atoms with Crippen LogP contribution in [0.25, 0.3) is 0 Å². The van der Waals surface area contributed by atoms with Gasteiger partial charge in [-0.3, -0.25) is 4.90 Å². The Balaban J connectivity index is 2.09. The van der Waals surface area contributed by atoms with Crippen molar-refractivity contribution in [3.8, 4) is 0 Å². The number of amides is 2. The van der Waals surface area contributed by atoms with E-state index in [0.717, 1.165) is 25.2 Å². The van der Waals surface area contributed by atoms with Gasteiger partial charge in [0, 0.05) is 24.2 Å². The molecule has 0 unspecified atom stereocenters. The molecule has 3 N–H and O–H groups in total. The first-order valence-electron chi connectivity index (χ1n) is 5.67. The van der Waals surface area contributed by atoms with Crippen LogP contribution in [0.2, 0.25) is 0 Å². The van der Waals surface area contributed by atoms with Crippen molar-refractivity contribution in [1.29, 1.82) is 0 Å². The summed E-state index contributed by atoms with van der Waals surface area (Å²) in [6.07, 6.45) is 0.974. The SMILES string of the molecule is NC(=O)N1c2ccccc2[C@@H]2CNCC[C@@H]21. The summed E-state index contributed by atoms with van der Waals surface area (Å²) in [7, 11) is 0. The number of benzene rings is 1. The van der Waals surface area contributed by atoms with E-state index >= 15 is 0 Å². The van der Waals surface area contributed by atoms with Crippen LogP contribution in [0.1, 0.15) is 17.9 Å². The van der Waals surface area contributed by atoms with Crippen molar-refractivity contribution in [2.45, 2.75) is 18.4 Å². The lowest BCUT2D eigenvalue weighted by molar-refractivity contribution is 0.249. The zero-order chi connectivity index (χ0) is 11.1. The molecule has 1 aromatic carbocycles. The fourth-order valence-electron chi connectivity index (χ4n) is 2.95. The maximum Gasteiger partial charge on any atom is 0.319 e. The molecule has 2 atom stereocenters. The lowest BCUT2D eigenvalue weighted by Crippen LogP contribution is -2.48. The number of urea groups is 1. The van der Waals surface area contributed by atoms with Gasteiger partial charge in [-0.1, -0.05) is 18.2 Å². The smallest absolute Gasteiger partial charge is 0.319 e. The molecule has 0 radical (unpaired) electrons. The van der Waals surface area contributed by atoms with Crippen molar-refractivity contribution in [1.82, 2.24) is 5.32 Å². The number of rotatable bonds is 0. The van der Waals surface area contributed by atoms with E-state index < -0.39 is 0 Å². The molecule has 0 aromatic heterocycles. The average molecular weight is 217 g/mol. The summed E-state index contributed by atoms with van der Waals surface area (Å²) in [5.74, 6) is 0.400. The van der Waals surface area contributed by atoms with Crippen LogP contribution in [0.5, 0.6) is 0 Å². The van der Waals surface area contributed by atoms with E-state index in [1.165, 1.54) is 5.56 Å². The third-order valence-electron chi connectivity index (χ3n) is 3.61. The number of nitrogens with zero attached hydrogens (tertiary/aromatic N) is 1. The number of primary amides is 1. The molecule has 0 aliphatic carbocycles. The summed E-state index contributed by atoms with van der Waals surface area (Å²) in [4.78, 5) is 13.3. The van der Waals surface area contributed by atoms with Gasteiger partial charge in [-0.05, 0) is 24.6 Å². The minimum atomic E-state index is -0.332. The van der Waals surface area contributed by atoms with Gasteiger partial charge in [-0.2, -0.15) is 0 Å². The summed E-state index contributed by atoms with van der Waals surface area (Å²) in [6, 6.07) is 7.98. The Morgan fingerprint density at radius 3 is 3.06 bits per heavy atom. The van der Waals surface area contributed by atoms with Crippen molar-refractivity contribution in [3.05, 3.63) is 29.8 Å². The summed E-state index contributed by atoms with van der Waals surface area (Å²) in [5, 5.41) is 3.38. The van der Waals surface area contributed by atoms with E-state index in [4.69, 9.17) is 5.73 Å². The first kappa shape index (κ1) is 9.66. The summed E-state index contributed by atoms with van der Waals surface area (Å²) >= 11 is 0. The number of nitrogens with two attached hydrogens (primary N) is 1. The third-order valence-corrected chi connectivity index (χ3v) is 3.61. The van der Waals surface area contributed by atoms with Crippen LogP contribution in [0, 0.1) is 0 Å². The topological polar surface area (TPSA) is 58.4 Å². The van der Waals surface area contributed by atoms with E-state index in [9.17, 15) is 4.79 Å². The molecule has 0 saturated carbocycles. The van der Waals surface area contributed by atoms with Gasteiger partial charge in [-0.15, -0.1) is 0 Å². The molecule has 0 spiro atoms. The molecule has 2 aliphatic heterocycles. The van der Waals surface area contributed by atoms with Crippen molar-refractivity contribution >= 4 is 11.7 Å². The second kappa shape index (κ2) is 3.49. The van der Waals surface area contributed by atoms with Crippen LogP contribution in [0.3, 0.4) is 0 Å². The van der Waals surface area contributed by atoms with Gasteiger partial charge in [0.25, 0.3) is 0 Å². The summed E-state index contributed by atoms with van der Waals surface area (Å²) < 4.78 is 0. The molecule has 3 rings (SSSR count). The van der Waals surface area contributed by atoms with Crippen molar-refractivity contribution in [3.63, 3.8) is 0 Å². The van der Waals surface area contributed by atoms with Crippen molar-refractivity contribution in [2.24, 2.45) is 5.73 Å². The van der Waals surface area contributed by atoms with Gasteiger partial charge < -0.3 is 11.1 Å². The van der Waals surface area contributed by atoms with Crippen LogP contribution in [-0.4, -0.2) is 25.2 Å². The molecule has 1 aromatic rings. The number of anilines is 1. The van der Waals surface area contributed by atoms with Gasteiger partial charge in [0.2, 0.25) is 0 Å². The second-order valence-corrected chi connectivity index (χ2v) is 4.43. The molecular weight excluding hydrogens is 202 g/mol. The Hall–Kier alpha value is -1.55. The summed E-state index contributed by atoms with van der Waals surface area (Å²) in [6.45, 7) is 1.89. The monoisotopic (exact) mass is 217 g/mol. The molecule has 2 aliphatic rings. The van der Waals surface area contributed by atoms with Gasteiger partial charge in [0.1, 0.15) is 0 Å². The predicted octanol–water partition coefficient (Wildman–Crippen LogP) is 1.03. The molecule has 2 amide bonds. The van der Waals surface area contributed by atoms with Gasteiger partial charge in [0.15, 0.2) is 0 Å². The number of hydrogen-bond donors (Lipinski definition) is 2. The Bertz CT molecular complexity index is 432. The molecule has 0 bridgehead atoms. The number of piperidine rings is 1. The highest BCUT2D eigenvalue weighted by Crippen LogP contribution is 2.42. The third kappa shape index (κ3) is 1.23. The van der Waals surface area contributed by atoms with Crippen LogP contribution in [0.15, 0.2) is 24.3 Å². The number of hydrogen-bond acceptors (Lipinski definition) is 2. The molecule has 84 valence electrons. The van der Waals surface area contributed by atoms with Crippen LogP contribution < -0.4 is 16.0 Å². The van der Waals surface area contributed by atoms with E-state index in [1.807, 2.05) is 18.2 Å². The maximum atomic E-state index is 11.5. The number of carbonyl (C=O) groups is 1. The fraction of sp³-hybridized carbons (Fsp3) is 0.417. The number of nitrogens with one attached hydrogen (secondary N) is 1. The highest BCUT2D eigenvalue weighted by atomic mass is 16.2. The highest BCUT2D eigenvalue weighted by molar-refractivity contribution is 5.94. The van der Waals surface area contributed by atoms with Gasteiger partial charge >= 0.3 is 6.03 Å². The normalized spacial score (nSPS) is 27.4. The minimum absolute atomic E-state index is 0.246. The van der Waals surface area contributed by atoms with Crippen LogP contribution in [0.4, 0.5) is 10.5 Å². The largest absolute Gasteiger partial charge is 0.351 e. The van der Waals surface area contributed by atoms with Gasteiger partial charge in [0.05, 0.1) is 0 Å². The zero-order valence-electron chi connectivity index (χ0n) is 9.02. The Kier molecular flexibility index (Phi) is 2.11. The Morgan fingerprint density at radius 2 is 2.25 bits per heavy atom. The molecule has 1 saturated heterocycles. The maximum absolute atomic E-state index is 11.5. The average Bonchev–Trinajstić information content (AvgIpc) is 2.63. The second-order valence-electron chi connectivity index (χ2n) is 4.43. The number of para-hydroxylation sites is 1. The summed E-state index contributed by atoms with van der Waals surface area (Å²) in [5.41, 5.74) is 7.73. The van der Waals surface area contributed by atoms with E-state index in [2.05, 4.69) is 11.4 Å². The number of carbonyl (C=O) groups excluding carboxylic acids is 1. The molecule has 1 fully saturated rings. The molecule has 16 heavy (non-hydrogen) atoms. The molecular formula is C12H15N3O. The van der Waals surface area contributed by atoms with E-state index in [0.29, 0.717) is 5.92 Å². The van der Waals surface area contributed by atoms with Crippen LogP contribution >= 0.6 is 0 Å². The molecule has 4 nitrogen and oxygen atoms in total. The van der Waals surface area contributed by atoms with Gasteiger partial charge in [-0.25, -0.2) is 4.79 Å². The van der Waals surface area contributed by atoms with Crippen LogP contribution in [-0.2, 0) is 0 Å². The Labute approximate surface area is 94.4 Å². The van der Waals surface area contributed by atoms with E-state index in [-0.39, 0.29) is 12.1 Å². The van der Waals surface area contributed by atoms with Crippen molar-refractivity contribution in [2.75, 3.05) is 18.0 Å². The van der Waals surface area contributed by atoms with Crippen molar-refractivity contribution < 1.29 is 4.79 Å². The number of fused-ring (bicyclic) bond motifs is 3. The highest BCUT2D eigenvalue weighted by Gasteiger charge is 2.41. The quantitative estimate of drug-likeness (QED) is 0.682. The fourth-order valence-corrected chi connectivity index (χ4v) is 2.95. The lowest BCUT2D eigenvalue weighted by atomic mass is 9.90. The van der Waals surface area contributed by atoms with E-state index in [1.54, 1.807) is 4.90 Å². The zero-order valence-corrected chi connectivity index (χ0v) is 9.02. The molecule has 4 heteroatoms. The minimum Gasteiger partial charge on any atom is -0.351 e. The first-order chi connectivity index (χ1) is 7.79. The lowest BCUT2D eigenvalue weighted by Gasteiger charge is -2.31. The standard InChI is InChI=1S/C12H15N3O/c13-12(16)15-10-4-2-1-3-8(10)9-7-14-6-5-11(9)15/h1-4,9,11,14H,5-7H2,(H2,13,16)/t9-,11-/m0/s1. The predicted molar refractivity (Wildman–Crippen MR) is 62.5 cm³/mol. The first-order valence-corrected chi connectivity index (χ1v) is 5.67.